The molecule has 1 saturated carbocycles. The smallest absolute Gasteiger partial charge is 0.240 e. The van der Waals surface area contributed by atoms with Gasteiger partial charge in [-0.2, -0.15) is 4.98 Å². The molecule has 0 bridgehead atoms. The van der Waals surface area contributed by atoms with E-state index in [-0.39, 0.29) is 12.5 Å². The predicted molar refractivity (Wildman–Crippen MR) is 85.8 cm³/mol. The SMILES string of the molecule is O=C(Cn1cnc(-c2noc(C3CC3)n2)c1)NCc1ccccc1. The van der Waals surface area contributed by atoms with Crippen LogP contribution in [-0.2, 0) is 17.9 Å². The van der Waals surface area contributed by atoms with Crippen LogP contribution in [0.4, 0.5) is 0 Å². The highest BCUT2D eigenvalue weighted by atomic mass is 16.5. The van der Waals surface area contributed by atoms with Gasteiger partial charge in [0.15, 0.2) is 0 Å². The first-order chi connectivity index (χ1) is 11.8. The average Bonchev–Trinajstić information content (AvgIpc) is 3.15. The zero-order chi connectivity index (χ0) is 16.4. The first kappa shape index (κ1) is 14.6. The van der Waals surface area contributed by atoms with Gasteiger partial charge < -0.3 is 14.4 Å². The molecule has 7 heteroatoms. The molecule has 2 aromatic heterocycles. The summed E-state index contributed by atoms with van der Waals surface area (Å²) < 4.78 is 6.94. The lowest BCUT2D eigenvalue weighted by molar-refractivity contribution is -0.121. The second kappa shape index (κ2) is 6.27. The van der Waals surface area contributed by atoms with E-state index in [1.807, 2.05) is 30.3 Å². The van der Waals surface area contributed by atoms with Gasteiger partial charge in [0.05, 0.1) is 6.33 Å². The minimum atomic E-state index is -0.0745. The van der Waals surface area contributed by atoms with Crippen LogP contribution in [0.25, 0.3) is 11.5 Å². The summed E-state index contributed by atoms with van der Waals surface area (Å²) in [6, 6.07) is 9.80. The molecular weight excluding hydrogens is 306 g/mol. The summed E-state index contributed by atoms with van der Waals surface area (Å²) in [5, 5.41) is 6.84. The molecule has 4 rings (SSSR count). The molecule has 1 fully saturated rings. The van der Waals surface area contributed by atoms with Crippen LogP contribution in [0.1, 0.15) is 30.2 Å². The molecular formula is C17H17N5O2. The van der Waals surface area contributed by atoms with Crippen molar-refractivity contribution in [1.29, 1.82) is 0 Å². The number of hydrogen-bond donors (Lipinski definition) is 1. The third-order valence-corrected chi connectivity index (χ3v) is 3.89. The molecule has 0 aliphatic heterocycles. The third-order valence-electron chi connectivity index (χ3n) is 3.89. The largest absolute Gasteiger partial charge is 0.350 e. The Hall–Kier alpha value is -2.96. The Bertz CT molecular complexity index is 836. The van der Waals surface area contributed by atoms with Gasteiger partial charge in [-0.1, -0.05) is 35.5 Å². The van der Waals surface area contributed by atoms with Crippen molar-refractivity contribution in [2.24, 2.45) is 0 Å². The van der Waals surface area contributed by atoms with Crippen LogP contribution in [0, 0.1) is 0 Å². The van der Waals surface area contributed by atoms with Crippen LogP contribution in [-0.4, -0.2) is 25.6 Å². The fourth-order valence-corrected chi connectivity index (χ4v) is 2.42. The molecule has 1 amide bonds. The van der Waals surface area contributed by atoms with Gasteiger partial charge in [-0.15, -0.1) is 0 Å². The molecule has 0 radical (unpaired) electrons. The lowest BCUT2D eigenvalue weighted by Gasteiger charge is -2.05. The number of benzene rings is 1. The minimum absolute atomic E-state index is 0.0745. The van der Waals surface area contributed by atoms with Gasteiger partial charge in [-0.3, -0.25) is 4.79 Å². The number of nitrogens with one attached hydrogen (secondary N) is 1. The molecule has 122 valence electrons. The fraction of sp³-hybridized carbons (Fsp3) is 0.294. The zero-order valence-electron chi connectivity index (χ0n) is 13.1. The zero-order valence-corrected chi connectivity index (χ0v) is 13.1. The predicted octanol–water partition coefficient (Wildman–Crippen LogP) is 2.13. The summed E-state index contributed by atoms with van der Waals surface area (Å²) in [6.07, 6.45) is 5.57. The third kappa shape index (κ3) is 3.34. The van der Waals surface area contributed by atoms with E-state index < -0.39 is 0 Å². The van der Waals surface area contributed by atoms with Crippen molar-refractivity contribution in [1.82, 2.24) is 25.0 Å². The van der Waals surface area contributed by atoms with E-state index in [1.165, 1.54) is 0 Å². The molecule has 1 aromatic carbocycles. The summed E-state index contributed by atoms with van der Waals surface area (Å²) in [5.74, 6) is 1.49. The van der Waals surface area contributed by atoms with Crippen molar-refractivity contribution in [3.05, 3.63) is 54.3 Å². The van der Waals surface area contributed by atoms with E-state index in [0.717, 1.165) is 18.4 Å². The van der Waals surface area contributed by atoms with Crippen LogP contribution >= 0.6 is 0 Å². The van der Waals surface area contributed by atoms with Gasteiger partial charge in [0.2, 0.25) is 17.6 Å². The Kier molecular flexibility index (Phi) is 3.82. The van der Waals surface area contributed by atoms with Crippen LogP contribution in [0.3, 0.4) is 0 Å². The van der Waals surface area contributed by atoms with Crippen molar-refractivity contribution < 1.29 is 9.32 Å². The summed E-state index contributed by atoms with van der Waals surface area (Å²) in [5.41, 5.74) is 1.68. The second-order valence-electron chi connectivity index (χ2n) is 5.92. The topological polar surface area (TPSA) is 85.8 Å². The molecule has 3 aromatic rings. The van der Waals surface area contributed by atoms with E-state index >= 15 is 0 Å². The monoisotopic (exact) mass is 323 g/mol. The van der Waals surface area contributed by atoms with E-state index in [2.05, 4.69) is 20.4 Å². The van der Waals surface area contributed by atoms with Gasteiger partial charge in [0.1, 0.15) is 12.2 Å². The van der Waals surface area contributed by atoms with Crippen molar-refractivity contribution in [3.8, 4) is 11.5 Å². The molecule has 0 saturated heterocycles. The maximum atomic E-state index is 12.0. The van der Waals surface area contributed by atoms with Crippen molar-refractivity contribution in [2.75, 3.05) is 0 Å². The number of imidazole rings is 1. The number of amides is 1. The van der Waals surface area contributed by atoms with Gasteiger partial charge in [-0.25, -0.2) is 4.98 Å². The lowest BCUT2D eigenvalue weighted by atomic mass is 10.2. The highest BCUT2D eigenvalue weighted by Gasteiger charge is 2.30. The molecule has 0 atom stereocenters. The van der Waals surface area contributed by atoms with Gasteiger partial charge in [0, 0.05) is 18.7 Å². The van der Waals surface area contributed by atoms with Crippen LogP contribution < -0.4 is 5.32 Å². The average molecular weight is 323 g/mol. The number of hydrogen-bond acceptors (Lipinski definition) is 5. The number of carbonyl (C=O) groups excluding carboxylic acids is 1. The van der Waals surface area contributed by atoms with E-state index in [9.17, 15) is 4.79 Å². The van der Waals surface area contributed by atoms with Crippen molar-refractivity contribution >= 4 is 5.91 Å². The Morgan fingerprint density at radius 3 is 2.92 bits per heavy atom. The number of rotatable bonds is 6. The summed E-state index contributed by atoms with van der Waals surface area (Å²) in [6.45, 7) is 0.712. The number of nitrogens with zero attached hydrogens (tertiary/aromatic N) is 4. The maximum Gasteiger partial charge on any atom is 0.240 e. The number of carbonyl (C=O) groups is 1. The molecule has 0 spiro atoms. The highest BCUT2D eigenvalue weighted by molar-refractivity contribution is 5.75. The lowest BCUT2D eigenvalue weighted by Crippen LogP contribution is -2.26. The van der Waals surface area contributed by atoms with Gasteiger partial charge >= 0.3 is 0 Å². The van der Waals surface area contributed by atoms with Gasteiger partial charge in [-0.05, 0) is 18.4 Å². The molecule has 1 N–H and O–H groups in total. The summed E-state index contributed by atoms with van der Waals surface area (Å²) in [4.78, 5) is 20.6. The van der Waals surface area contributed by atoms with Gasteiger partial charge in [0.25, 0.3) is 0 Å². The Labute approximate surface area is 138 Å². The fourth-order valence-electron chi connectivity index (χ4n) is 2.42. The highest BCUT2D eigenvalue weighted by Crippen LogP contribution is 2.39. The quantitative estimate of drug-likeness (QED) is 0.751. The summed E-state index contributed by atoms with van der Waals surface area (Å²) >= 11 is 0. The molecule has 1 aliphatic rings. The maximum absolute atomic E-state index is 12.0. The van der Waals surface area contributed by atoms with Crippen molar-refractivity contribution in [3.63, 3.8) is 0 Å². The first-order valence-electron chi connectivity index (χ1n) is 7.94. The van der Waals surface area contributed by atoms with E-state index in [1.54, 1.807) is 17.1 Å². The van der Waals surface area contributed by atoms with Crippen LogP contribution in [0.5, 0.6) is 0 Å². The molecule has 7 nitrogen and oxygen atoms in total. The second-order valence-corrected chi connectivity index (χ2v) is 5.92. The van der Waals surface area contributed by atoms with Crippen LogP contribution in [0.2, 0.25) is 0 Å². The molecule has 0 unspecified atom stereocenters. The Morgan fingerprint density at radius 1 is 1.29 bits per heavy atom. The molecule has 1 aliphatic carbocycles. The Morgan fingerprint density at radius 2 is 2.12 bits per heavy atom. The van der Waals surface area contributed by atoms with Crippen LogP contribution in [0.15, 0.2) is 47.4 Å². The molecule has 2 heterocycles. The normalized spacial score (nSPS) is 13.8. The standard InChI is InChI=1S/C17H17N5O2/c23-15(18-8-12-4-2-1-3-5-12)10-22-9-14(19-11-22)16-20-17(24-21-16)13-6-7-13/h1-5,9,11,13H,6-8,10H2,(H,18,23). The van der Waals surface area contributed by atoms with E-state index in [4.69, 9.17) is 4.52 Å². The minimum Gasteiger partial charge on any atom is -0.350 e. The summed E-state index contributed by atoms with van der Waals surface area (Å²) in [7, 11) is 0. The number of aromatic nitrogens is 4. The Balaban J connectivity index is 1.35. The van der Waals surface area contributed by atoms with Crippen molar-refractivity contribution in [2.45, 2.75) is 31.8 Å². The molecule has 24 heavy (non-hydrogen) atoms. The van der Waals surface area contributed by atoms with E-state index in [0.29, 0.717) is 29.9 Å². The first-order valence-corrected chi connectivity index (χ1v) is 7.94.